The lowest BCUT2D eigenvalue weighted by molar-refractivity contribution is 0.627. The van der Waals surface area contributed by atoms with E-state index in [4.69, 9.17) is 5.26 Å². The van der Waals surface area contributed by atoms with E-state index in [0.717, 1.165) is 15.5 Å². The van der Waals surface area contributed by atoms with Gasteiger partial charge >= 0.3 is 0 Å². The lowest BCUT2D eigenvalue weighted by Gasteiger charge is -2.08. The van der Waals surface area contributed by atoms with E-state index in [1.165, 1.54) is 12.1 Å². The van der Waals surface area contributed by atoms with E-state index in [-0.39, 0.29) is 5.82 Å². The zero-order valence-electron chi connectivity index (χ0n) is 11.3. The number of aryl methyl sites for hydroxylation is 1. The summed E-state index contributed by atoms with van der Waals surface area (Å²) in [5.41, 5.74) is 2.93. The molecule has 21 heavy (non-hydrogen) atoms. The maximum absolute atomic E-state index is 13.5. The number of nitrogens with zero attached hydrogens (tertiary/aromatic N) is 3. The average Bonchev–Trinajstić information content (AvgIpc) is 2.86. The molecule has 0 atom stereocenters. The fraction of sp³-hybridized carbons (Fsp3) is 0.125. The Kier molecular flexibility index (Phi) is 3.48. The summed E-state index contributed by atoms with van der Waals surface area (Å²) in [6.07, 6.45) is 0. The second kappa shape index (κ2) is 5.30. The molecule has 0 aliphatic rings. The SMILES string of the molecule is CCn1c(-c2cc(F)ccc2Br)nc2cc(C#N)ccc21. The van der Waals surface area contributed by atoms with Crippen LogP contribution in [0.2, 0.25) is 0 Å². The van der Waals surface area contributed by atoms with E-state index in [1.54, 1.807) is 18.2 Å². The Morgan fingerprint density at radius 2 is 2.10 bits per heavy atom. The number of hydrogen-bond donors (Lipinski definition) is 0. The van der Waals surface area contributed by atoms with Crippen molar-refractivity contribution in [1.29, 1.82) is 5.26 Å². The van der Waals surface area contributed by atoms with Crippen LogP contribution in [0.4, 0.5) is 4.39 Å². The van der Waals surface area contributed by atoms with Crippen LogP contribution in [0, 0.1) is 17.1 Å². The van der Waals surface area contributed by atoms with Crippen LogP contribution in [0.3, 0.4) is 0 Å². The second-order valence-electron chi connectivity index (χ2n) is 4.62. The van der Waals surface area contributed by atoms with Gasteiger partial charge < -0.3 is 4.57 Å². The van der Waals surface area contributed by atoms with Gasteiger partial charge in [-0.1, -0.05) is 15.9 Å². The third kappa shape index (κ3) is 2.32. The van der Waals surface area contributed by atoms with Crippen LogP contribution in [-0.2, 0) is 6.54 Å². The molecule has 0 spiro atoms. The number of benzene rings is 2. The van der Waals surface area contributed by atoms with Crippen LogP contribution < -0.4 is 0 Å². The highest BCUT2D eigenvalue weighted by atomic mass is 79.9. The molecule has 2 aromatic carbocycles. The van der Waals surface area contributed by atoms with Crippen molar-refractivity contribution in [2.75, 3.05) is 0 Å². The molecule has 0 fully saturated rings. The second-order valence-corrected chi connectivity index (χ2v) is 5.47. The van der Waals surface area contributed by atoms with Crippen molar-refractivity contribution in [2.24, 2.45) is 0 Å². The number of imidazole rings is 1. The molecule has 0 N–H and O–H groups in total. The highest BCUT2D eigenvalue weighted by molar-refractivity contribution is 9.10. The Morgan fingerprint density at radius 1 is 1.29 bits per heavy atom. The summed E-state index contributed by atoms with van der Waals surface area (Å²) < 4.78 is 16.3. The first-order valence-corrected chi connectivity index (χ1v) is 7.29. The Balaban J connectivity index is 2.32. The molecule has 1 heterocycles. The van der Waals surface area contributed by atoms with E-state index in [1.807, 2.05) is 17.6 Å². The molecule has 0 amide bonds. The summed E-state index contributed by atoms with van der Waals surface area (Å²) in [6, 6.07) is 12.0. The molecular weight excluding hydrogens is 333 g/mol. The molecule has 3 aromatic rings. The lowest BCUT2D eigenvalue weighted by atomic mass is 10.2. The first-order valence-electron chi connectivity index (χ1n) is 6.50. The van der Waals surface area contributed by atoms with Crippen LogP contribution in [0.25, 0.3) is 22.4 Å². The molecule has 3 rings (SSSR count). The van der Waals surface area contributed by atoms with Crippen molar-refractivity contribution < 1.29 is 4.39 Å². The van der Waals surface area contributed by atoms with Crippen molar-refractivity contribution >= 4 is 27.0 Å². The van der Waals surface area contributed by atoms with Gasteiger partial charge in [-0.3, -0.25) is 0 Å². The Hall–Kier alpha value is -2.19. The summed E-state index contributed by atoms with van der Waals surface area (Å²) in [5.74, 6) is 0.384. The number of hydrogen-bond acceptors (Lipinski definition) is 2. The van der Waals surface area contributed by atoms with Gasteiger partial charge in [0.05, 0.1) is 22.7 Å². The Morgan fingerprint density at radius 3 is 2.81 bits per heavy atom. The number of fused-ring (bicyclic) bond motifs is 1. The smallest absolute Gasteiger partial charge is 0.142 e. The monoisotopic (exact) mass is 343 g/mol. The zero-order chi connectivity index (χ0) is 15.0. The van der Waals surface area contributed by atoms with Crippen LogP contribution in [0.1, 0.15) is 12.5 Å². The fourth-order valence-electron chi connectivity index (χ4n) is 2.39. The van der Waals surface area contributed by atoms with Gasteiger partial charge in [-0.05, 0) is 43.3 Å². The first kappa shape index (κ1) is 13.8. The number of halogens is 2. The van der Waals surface area contributed by atoms with Gasteiger partial charge in [-0.15, -0.1) is 0 Å². The fourth-order valence-corrected chi connectivity index (χ4v) is 2.82. The van der Waals surface area contributed by atoms with Crippen molar-refractivity contribution in [3.63, 3.8) is 0 Å². The number of aromatic nitrogens is 2. The van der Waals surface area contributed by atoms with Gasteiger partial charge in [0.15, 0.2) is 0 Å². The van der Waals surface area contributed by atoms with Crippen LogP contribution in [-0.4, -0.2) is 9.55 Å². The highest BCUT2D eigenvalue weighted by Crippen LogP contribution is 2.31. The van der Waals surface area contributed by atoms with Crippen molar-refractivity contribution in [1.82, 2.24) is 9.55 Å². The summed E-state index contributed by atoms with van der Waals surface area (Å²) in [7, 11) is 0. The van der Waals surface area contributed by atoms with Gasteiger partial charge in [0.2, 0.25) is 0 Å². The van der Waals surface area contributed by atoms with Crippen molar-refractivity contribution in [3.8, 4) is 17.5 Å². The van der Waals surface area contributed by atoms with Gasteiger partial charge in [-0.2, -0.15) is 5.26 Å². The minimum atomic E-state index is -0.305. The molecule has 5 heteroatoms. The molecular formula is C16H11BrFN3. The molecule has 3 nitrogen and oxygen atoms in total. The maximum Gasteiger partial charge on any atom is 0.142 e. The van der Waals surface area contributed by atoms with Crippen molar-refractivity contribution in [2.45, 2.75) is 13.5 Å². The molecule has 0 bridgehead atoms. The topological polar surface area (TPSA) is 41.6 Å². The number of rotatable bonds is 2. The minimum absolute atomic E-state index is 0.305. The van der Waals surface area contributed by atoms with E-state index in [9.17, 15) is 4.39 Å². The zero-order valence-corrected chi connectivity index (χ0v) is 12.9. The molecule has 0 radical (unpaired) electrons. The van der Waals surface area contributed by atoms with E-state index < -0.39 is 0 Å². The Bertz CT molecular complexity index is 877. The maximum atomic E-state index is 13.5. The van der Waals surface area contributed by atoms with E-state index in [2.05, 4.69) is 27.0 Å². The van der Waals surface area contributed by atoms with Gasteiger partial charge in [-0.25, -0.2) is 9.37 Å². The van der Waals surface area contributed by atoms with E-state index in [0.29, 0.717) is 23.5 Å². The molecule has 0 saturated carbocycles. The van der Waals surface area contributed by atoms with Crippen molar-refractivity contribution in [3.05, 3.63) is 52.3 Å². The van der Waals surface area contributed by atoms with Crippen LogP contribution >= 0.6 is 15.9 Å². The Labute approximate surface area is 129 Å². The predicted molar refractivity (Wildman–Crippen MR) is 83.2 cm³/mol. The summed E-state index contributed by atoms with van der Waals surface area (Å²) >= 11 is 3.44. The van der Waals surface area contributed by atoms with Gasteiger partial charge in [0.1, 0.15) is 11.6 Å². The van der Waals surface area contributed by atoms with Gasteiger partial charge in [0, 0.05) is 16.6 Å². The largest absolute Gasteiger partial charge is 0.324 e. The summed E-state index contributed by atoms with van der Waals surface area (Å²) in [5, 5.41) is 8.99. The normalized spacial score (nSPS) is 10.8. The van der Waals surface area contributed by atoms with E-state index >= 15 is 0 Å². The summed E-state index contributed by atoms with van der Waals surface area (Å²) in [4.78, 5) is 4.58. The molecule has 104 valence electrons. The molecule has 0 aliphatic carbocycles. The summed E-state index contributed by atoms with van der Waals surface area (Å²) in [6.45, 7) is 2.72. The first-order chi connectivity index (χ1) is 10.1. The quantitative estimate of drug-likeness (QED) is 0.687. The third-order valence-corrected chi connectivity index (χ3v) is 4.05. The molecule has 0 aliphatic heterocycles. The minimum Gasteiger partial charge on any atom is -0.324 e. The highest BCUT2D eigenvalue weighted by Gasteiger charge is 2.15. The van der Waals surface area contributed by atoms with Crippen LogP contribution in [0.15, 0.2) is 40.9 Å². The average molecular weight is 344 g/mol. The molecule has 0 saturated heterocycles. The number of nitriles is 1. The predicted octanol–water partition coefficient (Wildman–Crippen LogP) is 4.50. The standard InChI is InChI=1S/C16H11BrFN3/c1-2-21-15-6-3-10(9-19)7-14(15)20-16(21)12-8-11(18)4-5-13(12)17/h3-8H,2H2,1H3. The third-order valence-electron chi connectivity index (χ3n) is 3.36. The van der Waals surface area contributed by atoms with Crippen LogP contribution in [0.5, 0.6) is 0 Å². The molecule has 0 unspecified atom stereocenters. The van der Waals surface area contributed by atoms with Gasteiger partial charge in [0.25, 0.3) is 0 Å². The lowest BCUT2D eigenvalue weighted by Crippen LogP contribution is -1.98. The molecule has 1 aromatic heterocycles.